The molecule has 0 amide bonds. The van der Waals surface area contributed by atoms with Gasteiger partial charge in [-0.3, -0.25) is 0 Å². The molecule has 2 aliphatic carbocycles. The molecule has 0 N–H and O–H groups in total. The molecule has 1 unspecified atom stereocenters. The van der Waals surface area contributed by atoms with Crippen LogP contribution in [0.1, 0.15) is 47.3 Å². The van der Waals surface area contributed by atoms with Crippen LogP contribution in [0, 0.1) is 5.92 Å². The molecule has 1 aromatic rings. The zero-order valence-electron chi connectivity index (χ0n) is 15.8. The van der Waals surface area contributed by atoms with Crippen molar-refractivity contribution in [2.24, 2.45) is 5.92 Å². The lowest BCUT2D eigenvalue weighted by atomic mass is 9.52. The zero-order chi connectivity index (χ0) is 18.7. The average Bonchev–Trinajstić information content (AvgIpc) is 2.53. The summed E-state index contributed by atoms with van der Waals surface area (Å²) >= 11 is 0. The van der Waals surface area contributed by atoms with Crippen LogP contribution in [0.3, 0.4) is 0 Å². The van der Waals surface area contributed by atoms with Crippen LogP contribution in [-0.4, -0.2) is 30.8 Å². The van der Waals surface area contributed by atoms with Gasteiger partial charge in [0, 0.05) is 15.6 Å². The fourth-order valence-corrected chi connectivity index (χ4v) is 5.18. The van der Waals surface area contributed by atoms with Crippen molar-refractivity contribution >= 4 is 0 Å². The number of benzene rings is 1. The van der Waals surface area contributed by atoms with Gasteiger partial charge in [-0.25, -0.2) is 0 Å². The van der Waals surface area contributed by atoms with Crippen molar-refractivity contribution < 1.29 is 22.0 Å². The van der Waals surface area contributed by atoms with Gasteiger partial charge in [-0.2, -0.15) is 0 Å². The molecule has 1 saturated carbocycles. The third kappa shape index (κ3) is 2.44. The number of piperidine rings is 1. The van der Waals surface area contributed by atoms with E-state index in [0.717, 1.165) is 36.8 Å². The normalized spacial score (nSPS) is 36.2. The zero-order valence-corrected chi connectivity index (χ0v) is 12.8. The molecule has 4 rings (SSSR count). The lowest BCUT2D eigenvalue weighted by molar-refractivity contribution is -0.274. The van der Waals surface area contributed by atoms with Crippen LogP contribution in [-0.2, 0) is 11.8 Å². The minimum absolute atomic E-state index is 0.0709. The molecule has 0 spiro atoms. The highest BCUT2D eigenvalue weighted by Gasteiger charge is 2.53. The van der Waals surface area contributed by atoms with Crippen LogP contribution in [0.15, 0.2) is 18.2 Å². The molecule has 2 bridgehead atoms. The number of ether oxygens (including phenoxy) is 1. The fourth-order valence-electron chi connectivity index (χ4n) is 5.18. The molecule has 0 radical (unpaired) electrons. The van der Waals surface area contributed by atoms with E-state index in [1.54, 1.807) is 17.0 Å². The highest BCUT2D eigenvalue weighted by Crippen LogP contribution is 2.56. The Morgan fingerprint density at radius 3 is 2.96 bits per heavy atom. The van der Waals surface area contributed by atoms with Gasteiger partial charge in [0.15, 0.2) is 0 Å². The van der Waals surface area contributed by atoms with Crippen molar-refractivity contribution in [2.75, 3.05) is 13.5 Å². The van der Waals surface area contributed by atoms with E-state index in [1.807, 2.05) is 0 Å². The summed E-state index contributed by atoms with van der Waals surface area (Å²) in [5.41, 5.74) is 1.70. The molecule has 1 saturated heterocycles. The summed E-state index contributed by atoms with van der Waals surface area (Å²) in [6, 6.07) is 4.53. The van der Waals surface area contributed by atoms with Crippen molar-refractivity contribution in [3.8, 4) is 5.75 Å². The van der Waals surface area contributed by atoms with Crippen LogP contribution in [0.25, 0.3) is 0 Å². The lowest BCUT2D eigenvalue weighted by Crippen LogP contribution is -2.59. The fraction of sp³-hybridized carbons (Fsp3) is 0.667. The summed E-state index contributed by atoms with van der Waals surface area (Å²) in [5.74, 6) is 0.00529. The first-order chi connectivity index (χ1) is 12.1. The Morgan fingerprint density at radius 2 is 2.17 bits per heavy atom. The second kappa shape index (κ2) is 5.13. The molecule has 2 fully saturated rings. The first-order valence-electron chi connectivity index (χ1n) is 9.76. The smallest absolute Gasteiger partial charge is 0.406 e. The van der Waals surface area contributed by atoms with Gasteiger partial charge in [0.2, 0.25) is 0 Å². The standard InChI is InChI=1S/C18H22F3NO/c1-22-9-8-17-7-3-2-4-14(17)16(22)10-12-5-6-13(11-15(12)17)23-18(19,20)21/h5-6,11,14,16H,2-4,7-10H2,1H3/t14-,16?,17+/m1/s1/i1D3. The molecule has 126 valence electrons. The Bertz CT molecular complexity index is 706. The predicted octanol–water partition coefficient (Wildman–Crippen LogP) is 4.27. The minimum Gasteiger partial charge on any atom is -0.406 e. The SMILES string of the molecule is [2H]C([2H])([2H])N1CC[C@@]23CCCC[C@@H]2C1Cc1ccc(OC(F)(F)F)cc13. The number of hydrogen-bond acceptors (Lipinski definition) is 2. The molecule has 3 atom stereocenters. The van der Waals surface area contributed by atoms with E-state index in [1.165, 1.54) is 6.07 Å². The second-order valence-electron chi connectivity index (χ2n) is 7.09. The van der Waals surface area contributed by atoms with Crippen LogP contribution < -0.4 is 4.74 Å². The molecule has 3 aliphatic rings. The molecule has 1 aromatic carbocycles. The Hall–Kier alpha value is -1.23. The van der Waals surface area contributed by atoms with Gasteiger partial charge in [-0.15, -0.1) is 13.2 Å². The van der Waals surface area contributed by atoms with E-state index in [2.05, 4.69) is 4.74 Å². The molecule has 23 heavy (non-hydrogen) atoms. The van der Waals surface area contributed by atoms with Gasteiger partial charge < -0.3 is 9.64 Å². The summed E-state index contributed by atoms with van der Waals surface area (Å²) in [5, 5.41) is 0. The van der Waals surface area contributed by atoms with E-state index in [9.17, 15) is 13.2 Å². The summed E-state index contributed by atoms with van der Waals surface area (Å²) in [6.45, 7) is -1.67. The Kier molecular flexibility index (Phi) is 2.72. The molecule has 5 heteroatoms. The van der Waals surface area contributed by atoms with Gasteiger partial charge in [-0.05, 0) is 68.4 Å². The molecule has 1 heterocycles. The monoisotopic (exact) mass is 328 g/mol. The first kappa shape index (κ1) is 12.2. The van der Waals surface area contributed by atoms with Crippen LogP contribution in [0.5, 0.6) is 5.75 Å². The predicted molar refractivity (Wildman–Crippen MR) is 81.5 cm³/mol. The largest absolute Gasteiger partial charge is 0.573 e. The van der Waals surface area contributed by atoms with Crippen molar-refractivity contribution in [1.29, 1.82) is 0 Å². The van der Waals surface area contributed by atoms with E-state index < -0.39 is 13.3 Å². The van der Waals surface area contributed by atoms with Crippen molar-refractivity contribution in [2.45, 2.75) is 56.3 Å². The van der Waals surface area contributed by atoms with Crippen molar-refractivity contribution in [3.05, 3.63) is 29.3 Å². The number of likely N-dealkylation sites (N-methyl/N-ethyl adjacent to an activating group) is 1. The number of hydrogen-bond donors (Lipinski definition) is 0. The van der Waals surface area contributed by atoms with Gasteiger partial charge in [0.25, 0.3) is 0 Å². The van der Waals surface area contributed by atoms with Gasteiger partial charge in [0.05, 0.1) is 0 Å². The minimum atomic E-state index is -4.71. The van der Waals surface area contributed by atoms with E-state index in [-0.39, 0.29) is 23.1 Å². The van der Waals surface area contributed by atoms with E-state index in [0.29, 0.717) is 19.4 Å². The molecular formula is C18H22F3NO. The third-order valence-corrected chi connectivity index (χ3v) is 6.04. The number of halogens is 3. The lowest BCUT2D eigenvalue weighted by Gasteiger charge is -2.58. The summed E-state index contributed by atoms with van der Waals surface area (Å²) in [7, 11) is 0. The van der Waals surface area contributed by atoms with Crippen LogP contribution in [0.4, 0.5) is 13.2 Å². The molecule has 0 aromatic heterocycles. The second-order valence-corrected chi connectivity index (χ2v) is 7.09. The maximum Gasteiger partial charge on any atom is 0.573 e. The summed E-state index contributed by atoms with van der Waals surface area (Å²) < 4.78 is 65.8. The summed E-state index contributed by atoms with van der Waals surface area (Å²) in [4.78, 5) is 1.64. The quantitative estimate of drug-likeness (QED) is 0.763. The number of alkyl halides is 3. The number of likely N-dealkylation sites (tertiary alicyclic amines) is 1. The van der Waals surface area contributed by atoms with E-state index in [4.69, 9.17) is 4.11 Å². The molecule has 2 nitrogen and oxygen atoms in total. The van der Waals surface area contributed by atoms with E-state index >= 15 is 0 Å². The van der Waals surface area contributed by atoms with Crippen LogP contribution in [0.2, 0.25) is 0 Å². The topological polar surface area (TPSA) is 12.5 Å². The molecular weight excluding hydrogens is 303 g/mol. The Balaban J connectivity index is 1.78. The highest BCUT2D eigenvalue weighted by atomic mass is 19.4. The first-order valence-corrected chi connectivity index (χ1v) is 8.26. The maximum absolute atomic E-state index is 12.6. The number of nitrogens with zero attached hydrogens (tertiary/aromatic N) is 1. The number of rotatable bonds is 1. The summed E-state index contributed by atoms with van der Waals surface area (Å²) in [6.07, 6.45) is 0.459. The van der Waals surface area contributed by atoms with Gasteiger partial charge in [0.1, 0.15) is 5.75 Å². The highest BCUT2D eigenvalue weighted by molar-refractivity contribution is 5.45. The third-order valence-electron chi connectivity index (χ3n) is 6.04. The average molecular weight is 328 g/mol. The van der Waals surface area contributed by atoms with Crippen LogP contribution >= 0.6 is 0 Å². The maximum atomic E-state index is 12.6. The van der Waals surface area contributed by atoms with Gasteiger partial charge in [-0.1, -0.05) is 18.9 Å². The Labute approximate surface area is 138 Å². The van der Waals surface area contributed by atoms with Crippen molar-refractivity contribution in [3.63, 3.8) is 0 Å². The van der Waals surface area contributed by atoms with Gasteiger partial charge >= 0.3 is 6.36 Å². The molecule has 1 aliphatic heterocycles. The Morgan fingerprint density at radius 1 is 1.30 bits per heavy atom. The van der Waals surface area contributed by atoms with Crippen molar-refractivity contribution in [1.82, 2.24) is 4.90 Å². The number of fused-ring (bicyclic) bond motifs is 1.